The highest BCUT2D eigenvalue weighted by molar-refractivity contribution is 5.68. The Morgan fingerprint density at radius 2 is 1.87 bits per heavy atom. The number of carbonyl (C=O) groups is 1. The van der Waals surface area contributed by atoms with E-state index in [1.165, 1.54) is 0 Å². The van der Waals surface area contributed by atoms with Crippen molar-refractivity contribution in [3.63, 3.8) is 0 Å². The van der Waals surface area contributed by atoms with Gasteiger partial charge in [0.25, 0.3) is 0 Å². The summed E-state index contributed by atoms with van der Waals surface area (Å²) in [5.74, 6) is 0. The van der Waals surface area contributed by atoms with Crippen molar-refractivity contribution < 1.29 is 9.53 Å². The van der Waals surface area contributed by atoms with E-state index in [4.69, 9.17) is 4.74 Å². The fraction of sp³-hybridized carbons (Fsp3) is 0.706. The van der Waals surface area contributed by atoms with E-state index < -0.39 is 5.60 Å². The number of aryl methyl sites for hydroxylation is 1. The van der Waals surface area contributed by atoms with Crippen molar-refractivity contribution in [1.82, 2.24) is 20.2 Å². The van der Waals surface area contributed by atoms with Crippen molar-refractivity contribution in [2.75, 3.05) is 13.1 Å². The third-order valence-corrected chi connectivity index (χ3v) is 3.38. The molecular formula is C17H30N4O2. The summed E-state index contributed by atoms with van der Waals surface area (Å²) in [7, 11) is 0. The number of nitrogens with zero attached hydrogens (tertiary/aromatic N) is 3. The van der Waals surface area contributed by atoms with E-state index in [-0.39, 0.29) is 18.2 Å². The standard InChI is InChI=1S/C17H30N4O2/c1-12(2)21(16(22)23-17(5,6)7)11-10-19-14(4)15-13(3)18-8-9-20-15/h8-9,12,14,19H,10-11H2,1-7H3. The number of hydrogen-bond donors (Lipinski definition) is 1. The second-order valence-electron chi connectivity index (χ2n) is 6.97. The lowest BCUT2D eigenvalue weighted by molar-refractivity contribution is 0.0192. The number of amides is 1. The van der Waals surface area contributed by atoms with Crippen LogP contribution in [0, 0.1) is 6.92 Å². The zero-order valence-electron chi connectivity index (χ0n) is 15.4. The number of nitrogens with one attached hydrogen (secondary N) is 1. The summed E-state index contributed by atoms with van der Waals surface area (Å²) < 4.78 is 5.46. The molecule has 0 aliphatic rings. The predicted octanol–water partition coefficient (Wildman–Crippen LogP) is 3.08. The van der Waals surface area contributed by atoms with Crippen molar-refractivity contribution in [3.8, 4) is 0 Å². The summed E-state index contributed by atoms with van der Waals surface area (Å²) in [6.45, 7) is 14.8. The summed E-state index contributed by atoms with van der Waals surface area (Å²) in [6, 6.07) is 0.163. The number of rotatable bonds is 6. The van der Waals surface area contributed by atoms with Crippen LogP contribution >= 0.6 is 0 Å². The average Bonchev–Trinajstić information content (AvgIpc) is 2.41. The van der Waals surface area contributed by atoms with E-state index in [9.17, 15) is 4.79 Å². The van der Waals surface area contributed by atoms with E-state index in [0.29, 0.717) is 13.1 Å². The first kappa shape index (κ1) is 19.4. The molecule has 0 spiro atoms. The molecule has 0 aromatic carbocycles. The van der Waals surface area contributed by atoms with Gasteiger partial charge in [-0.25, -0.2) is 4.79 Å². The molecule has 130 valence electrons. The normalized spacial score (nSPS) is 13.0. The molecular weight excluding hydrogens is 292 g/mol. The zero-order valence-corrected chi connectivity index (χ0v) is 15.4. The molecule has 1 heterocycles. The molecule has 0 saturated carbocycles. The Morgan fingerprint density at radius 1 is 1.26 bits per heavy atom. The van der Waals surface area contributed by atoms with Crippen LogP contribution < -0.4 is 5.32 Å². The van der Waals surface area contributed by atoms with Crippen LogP contribution in [0.4, 0.5) is 4.79 Å². The third-order valence-electron chi connectivity index (χ3n) is 3.38. The molecule has 0 aliphatic heterocycles. The molecule has 1 aromatic heterocycles. The minimum Gasteiger partial charge on any atom is -0.444 e. The first-order valence-corrected chi connectivity index (χ1v) is 8.12. The van der Waals surface area contributed by atoms with Crippen molar-refractivity contribution >= 4 is 6.09 Å². The zero-order chi connectivity index (χ0) is 17.6. The Morgan fingerprint density at radius 3 is 2.39 bits per heavy atom. The van der Waals surface area contributed by atoms with Crippen LogP contribution in [-0.4, -0.2) is 45.7 Å². The number of carbonyl (C=O) groups excluding carboxylic acids is 1. The Bertz CT molecular complexity index is 512. The van der Waals surface area contributed by atoms with E-state index in [0.717, 1.165) is 11.4 Å². The molecule has 6 nitrogen and oxygen atoms in total. The van der Waals surface area contributed by atoms with Gasteiger partial charge in [-0.3, -0.25) is 9.97 Å². The smallest absolute Gasteiger partial charge is 0.410 e. The lowest BCUT2D eigenvalue weighted by Crippen LogP contribution is -2.44. The second kappa shape index (κ2) is 8.24. The van der Waals surface area contributed by atoms with Crippen LogP contribution in [0.1, 0.15) is 59.0 Å². The first-order chi connectivity index (χ1) is 10.6. The molecule has 0 bridgehead atoms. The Balaban J connectivity index is 2.56. The lowest BCUT2D eigenvalue weighted by Gasteiger charge is -2.30. The monoisotopic (exact) mass is 322 g/mol. The summed E-state index contributed by atoms with van der Waals surface area (Å²) >= 11 is 0. The maximum atomic E-state index is 12.3. The fourth-order valence-corrected chi connectivity index (χ4v) is 2.22. The average molecular weight is 322 g/mol. The SMILES string of the molecule is Cc1nccnc1C(C)NCCN(C(=O)OC(C)(C)C)C(C)C. The Kier molecular flexibility index (Phi) is 6.94. The van der Waals surface area contributed by atoms with Crippen molar-refractivity contribution in [3.05, 3.63) is 23.8 Å². The van der Waals surface area contributed by atoms with Gasteiger partial charge in [0.2, 0.25) is 0 Å². The van der Waals surface area contributed by atoms with Gasteiger partial charge >= 0.3 is 6.09 Å². The highest BCUT2D eigenvalue weighted by atomic mass is 16.6. The van der Waals surface area contributed by atoms with Crippen molar-refractivity contribution in [1.29, 1.82) is 0 Å². The maximum Gasteiger partial charge on any atom is 0.410 e. The highest BCUT2D eigenvalue weighted by Crippen LogP contribution is 2.13. The number of ether oxygens (including phenoxy) is 1. The predicted molar refractivity (Wildman–Crippen MR) is 91.3 cm³/mol. The topological polar surface area (TPSA) is 67.4 Å². The molecule has 1 N–H and O–H groups in total. The molecule has 1 unspecified atom stereocenters. The van der Waals surface area contributed by atoms with Crippen LogP contribution in [-0.2, 0) is 4.74 Å². The van der Waals surface area contributed by atoms with Crippen molar-refractivity contribution in [2.45, 2.75) is 66.2 Å². The highest BCUT2D eigenvalue weighted by Gasteiger charge is 2.24. The molecule has 0 saturated heterocycles. The largest absolute Gasteiger partial charge is 0.444 e. The molecule has 0 fully saturated rings. The molecule has 0 aliphatic carbocycles. The number of aromatic nitrogens is 2. The lowest BCUT2D eigenvalue weighted by atomic mass is 10.2. The van der Waals surface area contributed by atoms with E-state index >= 15 is 0 Å². The molecule has 1 amide bonds. The fourth-order valence-electron chi connectivity index (χ4n) is 2.22. The molecule has 6 heteroatoms. The maximum absolute atomic E-state index is 12.3. The minimum absolute atomic E-state index is 0.0800. The van der Waals surface area contributed by atoms with Gasteiger partial charge in [0.05, 0.1) is 11.4 Å². The molecule has 0 radical (unpaired) electrons. The van der Waals surface area contributed by atoms with Crippen LogP contribution in [0.3, 0.4) is 0 Å². The first-order valence-electron chi connectivity index (χ1n) is 8.12. The van der Waals surface area contributed by atoms with Crippen LogP contribution in [0.5, 0.6) is 0 Å². The van der Waals surface area contributed by atoms with Gasteiger partial charge in [0.15, 0.2) is 0 Å². The van der Waals surface area contributed by atoms with Gasteiger partial charge < -0.3 is 15.0 Å². The van der Waals surface area contributed by atoms with Gasteiger partial charge in [0.1, 0.15) is 5.60 Å². The van der Waals surface area contributed by atoms with Crippen LogP contribution in [0.2, 0.25) is 0 Å². The molecule has 1 atom stereocenters. The third kappa shape index (κ3) is 6.52. The summed E-state index contributed by atoms with van der Waals surface area (Å²) in [5.41, 5.74) is 1.36. The van der Waals surface area contributed by atoms with Gasteiger partial charge in [-0.1, -0.05) is 0 Å². The van der Waals surface area contributed by atoms with Crippen LogP contribution in [0.25, 0.3) is 0 Å². The van der Waals surface area contributed by atoms with Gasteiger partial charge in [-0.05, 0) is 48.5 Å². The van der Waals surface area contributed by atoms with E-state index in [2.05, 4.69) is 15.3 Å². The second-order valence-corrected chi connectivity index (χ2v) is 6.97. The van der Waals surface area contributed by atoms with Gasteiger partial charge in [-0.2, -0.15) is 0 Å². The van der Waals surface area contributed by atoms with E-state index in [1.807, 2.05) is 48.5 Å². The summed E-state index contributed by atoms with van der Waals surface area (Å²) in [6.07, 6.45) is 3.11. The summed E-state index contributed by atoms with van der Waals surface area (Å²) in [5, 5.41) is 3.39. The summed E-state index contributed by atoms with van der Waals surface area (Å²) in [4.78, 5) is 22.6. The van der Waals surface area contributed by atoms with E-state index in [1.54, 1.807) is 17.3 Å². The van der Waals surface area contributed by atoms with Crippen LogP contribution in [0.15, 0.2) is 12.4 Å². The Hall–Kier alpha value is -1.69. The number of hydrogen-bond acceptors (Lipinski definition) is 5. The molecule has 23 heavy (non-hydrogen) atoms. The molecule has 1 aromatic rings. The quantitative estimate of drug-likeness (QED) is 0.872. The minimum atomic E-state index is -0.484. The van der Waals surface area contributed by atoms with Gasteiger partial charge in [0, 0.05) is 37.6 Å². The molecule has 1 rings (SSSR count). The van der Waals surface area contributed by atoms with Gasteiger partial charge in [-0.15, -0.1) is 0 Å². The Labute approximate surface area is 139 Å². The van der Waals surface area contributed by atoms with Crippen molar-refractivity contribution in [2.24, 2.45) is 0 Å².